The third-order valence-corrected chi connectivity index (χ3v) is 12.2. The van der Waals surface area contributed by atoms with E-state index >= 15 is 0 Å². The molecule has 0 aliphatic heterocycles. The first-order valence-corrected chi connectivity index (χ1v) is 20.5. The summed E-state index contributed by atoms with van der Waals surface area (Å²) in [4.78, 5) is 31.5. The maximum absolute atomic E-state index is 14.8. The minimum atomic E-state index is -4.25. The van der Waals surface area contributed by atoms with Crippen molar-refractivity contribution in [3.63, 3.8) is 0 Å². The molecular formula is C39H43Cl2N3O5S2. The highest BCUT2D eigenvalue weighted by Crippen LogP contribution is 2.29. The van der Waals surface area contributed by atoms with Gasteiger partial charge in [-0.3, -0.25) is 13.9 Å². The van der Waals surface area contributed by atoms with Crippen molar-refractivity contribution in [2.45, 2.75) is 73.9 Å². The second kappa shape index (κ2) is 18.2. The zero-order valence-electron chi connectivity index (χ0n) is 28.8. The van der Waals surface area contributed by atoms with Crippen molar-refractivity contribution < 1.29 is 22.7 Å². The van der Waals surface area contributed by atoms with Gasteiger partial charge in [0.2, 0.25) is 11.8 Å². The number of halogens is 2. The van der Waals surface area contributed by atoms with E-state index in [1.165, 1.54) is 28.8 Å². The molecule has 0 bridgehead atoms. The van der Waals surface area contributed by atoms with Gasteiger partial charge >= 0.3 is 0 Å². The summed E-state index contributed by atoms with van der Waals surface area (Å²) in [6.45, 7) is 1.73. The molecule has 0 spiro atoms. The first-order valence-electron chi connectivity index (χ1n) is 17.1. The van der Waals surface area contributed by atoms with Gasteiger partial charge < -0.3 is 15.0 Å². The molecule has 4 aromatic carbocycles. The number of hydrogen-bond acceptors (Lipinski definition) is 6. The largest absolute Gasteiger partial charge is 0.494 e. The van der Waals surface area contributed by atoms with Gasteiger partial charge in [-0.1, -0.05) is 78.9 Å². The molecule has 8 nitrogen and oxygen atoms in total. The molecule has 0 heterocycles. The summed E-state index contributed by atoms with van der Waals surface area (Å²) in [5.41, 5.74) is 1.78. The van der Waals surface area contributed by atoms with Crippen LogP contribution in [0.2, 0.25) is 10.0 Å². The summed E-state index contributed by atoms with van der Waals surface area (Å²) in [5, 5.41) is 3.88. The standard InChI is InChI=1S/C39H43Cl2N3O5S2/c1-3-49-32-17-15-31(16-18-32)44(51(47,48)34-21-19-33(50-2)20-22-34)27-38(45)43(26-29-14-23-35(40)36(41)24-29)37(25-28-10-6-4-7-11-28)39(46)42-30-12-8-5-9-13-30/h4,6-7,10-11,14-24,30,37H,3,5,8-9,12-13,25-27H2,1-2H3,(H,42,46)/t37-/m0/s1. The molecule has 0 aromatic heterocycles. The van der Waals surface area contributed by atoms with Gasteiger partial charge in [0.15, 0.2) is 0 Å². The first kappa shape index (κ1) is 38.5. The van der Waals surface area contributed by atoms with E-state index in [1.807, 2.05) is 43.5 Å². The Hall–Kier alpha value is -3.70. The van der Waals surface area contributed by atoms with Crippen LogP contribution in [-0.4, -0.2) is 56.6 Å². The number of nitrogens with zero attached hydrogens (tertiary/aromatic N) is 2. The SMILES string of the molecule is CCOc1ccc(N(CC(=O)N(Cc2ccc(Cl)c(Cl)c2)[C@@H](Cc2ccccc2)C(=O)NC2CCCCC2)S(=O)(=O)c2ccc(SC)cc2)cc1. The predicted molar refractivity (Wildman–Crippen MR) is 206 cm³/mol. The van der Waals surface area contributed by atoms with E-state index in [2.05, 4.69) is 5.32 Å². The van der Waals surface area contributed by atoms with E-state index in [0.717, 1.165) is 46.9 Å². The maximum atomic E-state index is 14.8. The number of anilines is 1. The van der Waals surface area contributed by atoms with Crippen molar-refractivity contribution in [3.05, 3.63) is 118 Å². The summed E-state index contributed by atoms with van der Waals surface area (Å²) >= 11 is 14.2. The van der Waals surface area contributed by atoms with Gasteiger partial charge in [-0.05, 0) is 97.8 Å². The highest BCUT2D eigenvalue weighted by molar-refractivity contribution is 7.98. The summed E-state index contributed by atoms with van der Waals surface area (Å²) in [6.07, 6.45) is 7.02. The molecule has 12 heteroatoms. The van der Waals surface area contributed by atoms with Gasteiger partial charge in [0.05, 0.1) is 27.2 Å². The molecule has 0 radical (unpaired) electrons. The van der Waals surface area contributed by atoms with Crippen LogP contribution in [0.1, 0.15) is 50.2 Å². The number of ether oxygens (including phenoxy) is 1. The third-order valence-electron chi connectivity index (χ3n) is 8.92. The molecule has 0 unspecified atom stereocenters. The van der Waals surface area contributed by atoms with Crippen LogP contribution in [0.4, 0.5) is 5.69 Å². The third kappa shape index (κ3) is 10.2. The lowest BCUT2D eigenvalue weighted by atomic mass is 9.94. The van der Waals surface area contributed by atoms with Crippen molar-refractivity contribution in [1.82, 2.24) is 10.2 Å². The number of amides is 2. The second-order valence-electron chi connectivity index (χ2n) is 12.4. The number of hydrogen-bond donors (Lipinski definition) is 1. The summed E-state index contributed by atoms with van der Waals surface area (Å²) < 4.78 is 35.5. The van der Waals surface area contributed by atoms with Crippen molar-refractivity contribution >= 4 is 62.5 Å². The van der Waals surface area contributed by atoms with E-state index in [-0.39, 0.29) is 35.5 Å². The van der Waals surface area contributed by atoms with Gasteiger partial charge in [-0.2, -0.15) is 0 Å². The number of nitrogens with one attached hydrogen (secondary N) is 1. The fourth-order valence-corrected chi connectivity index (χ4v) is 8.35. The number of rotatable bonds is 15. The van der Waals surface area contributed by atoms with Crippen LogP contribution >= 0.6 is 35.0 Å². The van der Waals surface area contributed by atoms with Gasteiger partial charge in [0, 0.05) is 23.9 Å². The Morgan fingerprint density at radius 3 is 2.20 bits per heavy atom. The van der Waals surface area contributed by atoms with Crippen molar-refractivity contribution in [2.75, 3.05) is 23.7 Å². The maximum Gasteiger partial charge on any atom is 0.264 e. The normalized spacial score (nSPS) is 14.0. The lowest BCUT2D eigenvalue weighted by Crippen LogP contribution is -2.55. The smallest absolute Gasteiger partial charge is 0.264 e. The molecule has 1 fully saturated rings. The molecule has 5 rings (SSSR count). The van der Waals surface area contributed by atoms with Gasteiger partial charge in [-0.25, -0.2) is 8.42 Å². The van der Waals surface area contributed by atoms with Crippen molar-refractivity contribution in [2.24, 2.45) is 0 Å². The topological polar surface area (TPSA) is 96.0 Å². The lowest BCUT2D eigenvalue weighted by Gasteiger charge is -2.35. The summed E-state index contributed by atoms with van der Waals surface area (Å²) in [7, 11) is -4.25. The van der Waals surface area contributed by atoms with Gasteiger partial charge in [0.25, 0.3) is 10.0 Å². The van der Waals surface area contributed by atoms with E-state index in [1.54, 1.807) is 54.6 Å². The Kier molecular flexibility index (Phi) is 13.7. The molecule has 1 aliphatic rings. The van der Waals surface area contributed by atoms with Crippen LogP contribution in [0, 0.1) is 0 Å². The molecule has 51 heavy (non-hydrogen) atoms. The van der Waals surface area contributed by atoms with Crippen LogP contribution in [0.15, 0.2) is 107 Å². The fraction of sp³-hybridized carbons (Fsp3) is 0.333. The second-order valence-corrected chi connectivity index (χ2v) is 16.0. The van der Waals surface area contributed by atoms with E-state index < -0.39 is 28.5 Å². The van der Waals surface area contributed by atoms with Crippen molar-refractivity contribution in [1.29, 1.82) is 0 Å². The van der Waals surface area contributed by atoms with E-state index in [0.29, 0.717) is 28.0 Å². The Labute approximate surface area is 315 Å². The molecule has 270 valence electrons. The van der Waals surface area contributed by atoms with E-state index in [9.17, 15) is 18.0 Å². The van der Waals surface area contributed by atoms with Crippen LogP contribution in [0.5, 0.6) is 5.75 Å². The van der Waals surface area contributed by atoms with Crippen molar-refractivity contribution in [3.8, 4) is 5.75 Å². The van der Waals surface area contributed by atoms with Gasteiger partial charge in [0.1, 0.15) is 18.3 Å². The average Bonchev–Trinajstić information content (AvgIpc) is 3.14. The lowest BCUT2D eigenvalue weighted by molar-refractivity contribution is -0.140. The zero-order chi connectivity index (χ0) is 36.4. The number of benzene rings is 4. The number of carbonyl (C=O) groups is 2. The number of sulfonamides is 1. The van der Waals surface area contributed by atoms with E-state index in [4.69, 9.17) is 27.9 Å². The quantitative estimate of drug-likeness (QED) is 0.122. The van der Waals surface area contributed by atoms with Crippen LogP contribution in [0.25, 0.3) is 0 Å². The molecular weight excluding hydrogens is 725 g/mol. The van der Waals surface area contributed by atoms with Gasteiger partial charge in [-0.15, -0.1) is 11.8 Å². The highest BCUT2D eigenvalue weighted by Gasteiger charge is 2.35. The molecule has 4 aromatic rings. The minimum absolute atomic E-state index is 0.00330. The predicted octanol–water partition coefficient (Wildman–Crippen LogP) is 8.40. The molecule has 1 N–H and O–H groups in total. The fourth-order valence-electron chi connectivity index (χ4n) is 6.21. The summed E-state index contributed by atoms with van der Waals surface area (Å²) in [5.74, 6) is -0.279. The monoisotopic (exact) mass is 767 g/mol. The molecule has 1 saturated carbocycles. The Balaban J connectivity index is 1.57. The highest BCUT2D eigenvalue weighted by atomic mass is 35.5. The molecule has 0 saturated heterocycles. The van der Waals surface area contributed by atoms with Crippen LogP contribution in [-0.2, 0) is 32.6 Å². The van der Waals surface area contributed by atoms with Crippen LogP contribution < -0.4 is 14.4 Å². The molecule has 2 amide bonds. The Morgan fingerprint density at radius 2 is 1.57 bits per heavy atom. The number of thioether (sulfide) groups is 1. The Bertz CT molecular complexity index is 1870. The Morgan fingerprint density at radius 1 is 0.882 bits per heavy atom. The number of carbonyl (C=O) groups excluding carboxylic acids is 2. The molecule has 1 atom stereocenters. The molecule has 1 aliphatic carbocycles. The summed E-state index contributed by atoms with van der Waals surface area (Å²) in [6, 6.07) is 26.7. The first-order chi connectivity index (χ1) is 24.6. The van der Waals surface area contributed by atoms with Crippen LogP contribution in [0.3, 0.4) is 0 Å². The average molecular weight is 769 g/mol. The minimum Gasteiger partial charge on any atom is -0.494 e. The zero-order valence-corrected chi connectivity index (χ0v) is 31.9.